The summed E-state index contributed by atoms with van der Waals surface area (Å²) in [4.78, 5) is 14.1. The topological polar surface area (TPSA) is 55.6 Å². The molecule has 0 spiro atoms. The maximum Gasteiger partial charge on any atom is 0.227 e. The summed E-state index contributed by atoms with van der Waals surface area (Å²) in [5.41, 5.74) is 7.86. The summed E-state index contributed by atoms with van der Waals surface area (Å²) in [5.74, 6) is 0.881. The molecule has 1 aliphatic heterocycles. The van der Waals surface area contributed by atoms with E-state index in [2.05, 4.69) is 0 Å². The van der Waals surface area contributed by atoms with Gasteiger partial charge in [0, 0.05) is 24.2 Å². The number of carbonyl (C=O) groups excluding carboxylic acids is 1. The van der Waals surface area contributed by atoms with Crippen molar-refractivity contribution in [3.63, 3.8) is 0 Å². The number of benzene rings is 2. The summed E-state index contributed by atoms with van der Waals surface area (Å²) >= 11 is 5.88. The van der Waals surface area contributed by atoms with Gasteiger partial charge in [0.1, 0.15) is 12.4 Å². The highest BCUT2D eigenvalue weighted by molar-refractivity contribution is 6.30. The first-order chi connectivity index (χ1) is 11.6. The molecule has 0 bridgehead atoms. The monoisotopic (exact) mass is 380 g/mol. The lowest BCUT2D eigenvalue weighted by Gasteiger charge is -2.16. The largest absolute Gasteiger partial charge is 0.489 e. The fourth-order valence-corrected chi connectivity index (χ4v) is 2.92. The molecule has 2 N–H and O–H groups in total. The Hall–Kier alpha value is -1.75. The molecule has 1 saturated heterocycles. The summed E-state index contributed by atoms with van der Waals surface area (Å²) in [6.07, 6.45) is 1.26. The molecule has 1 fully saturated rings. The van der Waals surface area contributed by atoms with Crippen molar-refractivity contribution < 1.29 is 9.53 Å². The molecule has 25 heavy (non-hydrogen) atoms. The van der Waals surface area contributed by atoms with E-state index in [9.17, 15) is 4.79 Å². The molecule has 0 saturated carbocycles. The second-order valence-electron chi connectivity index (χ2n) is 6.13. The van der Waals surface area contributed by atoms with E-state index in [0.717, 1.165) is 29.8 Å². The molecule has 1 atom stereocenters. The first-order valence-corrected chi connectivity index (χ1v) is 8.47. The smallest absolute Gasteiger partial charge is 0.227 e. The SMILES string of the molecule is Cl.N[C@@H]1CCN(C(=O)Cc2cccc(OCc3ccc(Cl)cc3)c2)C1. The zero-order chi connectivity index (χ0) is 16.9. The minimum atomic E-state index is 0. The minimum Gasteiger partial charge on any atom is -0.489 e. The fraction of sp³-hybridized carbons (Fsp3) is 0.316. The van der Waals surface area contributed by atoms with E-state index in [1.165, 1.54) is 0 Å². The highest BCUT2D eigenvalue weighted by Crippen LogP contribution is 2.18. The van der Waals surface area contributed by atoms with Crippen molar-refractivity contribution in [3.8, 4) is 5.75 Å². The van der Waals surface area contributed by atoms with Gasteiger partial charge in [-0.1, -0.05) is 35.9 Å². The molecule has 1 heterocycles. The van der Waals surface area contributed by atoms with E-state index < -0.39 is 0 Å². The number of nitrogens with two attached hydrogens (primary N) is 1. The van der Waals surface area contributed by atoms with Crippen LogP contribution in [0.4, 0.5) is 0 Å². The van der Waals surface area contributed by atoms with Crippen LogP contribution in [0, 0.1) is 0 Å². The predicted molar refractivity (Wildman–Crippen MR) is 102 cm³/mol. The maximum absolute atomic E-state index is 12.3. The average molecular weight is 381 g/mol. The molecule has 1 amide bonds. The summed E-state index contributed by atoms with van der Waals surface area (Å²) in [6, 6.07) is 15.4. The lowest BCUT2D eigenvalue weighted by molar-refractivity contribution is -0.129. The summed E-state index contributed by atoms with van der Waals surface area (Å²) in [6.45, 7) is 1.88. The first-order valence-electron chi connectivity index (χ1n) is 8.10. The van der Waals surface area contributed by atoms with E-state index in [4.69, 9.17) is 22.1 Å². The third kappa shape index (κ3) is 5.63. The van der Waals surface area contributed by atoms with Gasteiger partial charge >= 0.3 is 0 Å². The number of halogens is 2. The van der Waals surface area contributed by atoms with E-state index in [1.54, 1.807) is 0 Å². The molecular weight excluding hydrogens is 359 g/mol. The summed E-state index contributed by atoms with van der Waals surface area (Å²) < 4.78 is 5.81. The van der Waals surface area contributed by atoms with Crippen molar-refractivity contribution in [1.29, 1.82) is 0 Å². The number of hydrogen-bond donors (Lipinski definition) is 1. The second kappa shape index (κ2) is 9.09. The Morgan fingerprint density at radius 1 is 1.20 bits per heavy atom. The Kier molecular flexibility index (Phi) is 7.12. The Bertz CT molecular complexity index is 707. The summed E-state index contributed by atoms with van der Waals surface area (Å²) in [7, 11) is 0. The van der Waals surface area contributed by atoms with Crippen LogP contribution in [-0.4, -0.2) is 29.9 Å². The molecule has 3 rings (SSSR count). The lowest BCUT2D eigenvalue weighted by Crippen LogP contribution is -2.32. The van der Waals surface area contributed by atoms with Crippen molar-refractivity contribution in [3.05, 3.63) is 64.7 Å². The van der Waals surface area contributed by atoms with E-state index >= 15 is 0 Å². The van der Waals surface area contributed by atoms with Gasteiger partial charge < -0.3 is 15.4 Å². The van der Waals surface area contributed by atoms with Crippen LogP contribution < -0.4 is 10.5 Å². The quantitative estimate of drug-likeness (QED) is 0.863. The second-order valence-corrected chi connectivity index (χ2v) is 6.56. The standard InChI is InChI=1S/C19H21ClN2O2.ClH/c20-16-6-4-14(5-7-16)13-24-18-3-1-2-15(10-18)11-19(23)22-9-8-17(21)12-22;/h1-7,10,17H,8-9,11-13,21H2;1H/t17-;/m1./s1. The van der Waals surface area contributed by atoms with Crippen molar-refractivity contribution >= 4 is 29.9 Å². The molecule has 2 aromatic carbocycles. The van der Waals surface area contributed by atoms with Crippen molar-refractivity contribution in [2.45, 2.75) is 25.5 Å². The molecule has 4 nitrogen and oxygen atoms in total. The Labute approximate surface area is 159 Å². The van der Waals surface area contributed by atoms with Crippen LogP contribution in [0.2, 0.25) is 5.02 Å². The van der Waals surface area contributed by atoms with Gasteiger partial charge in [-0.3, -0.25) is 4.79 Å². The molecular formula is C19H22Cl2N2O2. The van der Waals surface area contributed by atoms with Crippen LogP contribution in [-0.2, 0) is 17.8 Å². The number of hydrogen-bond acceptors (Lipinski definition) is 3. The first kappa shape index (κ1) is 19.6. The average Bonchev–Trinajstić information content (AvgIpc) is 3.01. The Morgan fingerprint density at radius 2 is 1.96 bits per heavy atom. The maximum atomic E-state index is 12.3. The highest BCUT2D eigenvalue weighted by Gasteiger charge is 2.23. The van der Waals surface area contributed by atoms with Crippen LogP contribution in [0.15, 0.2) is 48.5 Å². The highest BCUT2D eigenvalue weighted by atomic mass is 35.5. The minimum absolute atomic E-state index is 0. The van der Waals surface area contributed by atoms with E-state index in [1.807, 2.05) is 53.4 Å². The number of carbonyl (C=O) groups is 1. The number of amides is 1. The molecule has 1 aliphatic rings. The number of likely N-dealkylation sites (tertiary alicyclic amines) is 1. The number of rotatable bonds is 5. The van der Waals surface area contributed by atoms with Gasteiger partial charge in [-0.15, -0.1) is 12.4 Å². The molecule has 0 radical (unpaired) electrons. The molecule has 6 heteroatoms. The normalized spacial score (nSPS) is 16.4. The molecule has 134 valence electrons. The third-order valence-electron chi connectivity index (χ3n) is 4.15. The Morgan fingerprint density at radius 3 is 2.64 bits per heavy atom. The van der Waals surface area contributed by atoms with Crippen LogP contribution >= 0.6 is 24.0 Å². The molecule has 0 aliphatic carbocycles. The number of nitrogens with zero attached hydrogens (tertiary/aromatic N) is 1. The molecule has 2 aromatic rings. The molecule has 0 aromatic heterocycles. The van der Waals surface area contributed by atoms with Crippen molar-refractivity contribution in [2.75, 3.05) is 13.1 Å². The number of ether oxygens (including phenoxy) is 1. The zero-order valence-electron chi connectivity index (χ0n) is 13.9. The van der Waals surface area contributed by atoms with Gasteiger partial charge in [0.25, 0.3) is 0 Å². The van der Waals surface area contributed by atoms with Crippen LogP contribution in [0.25, 0.3) is 0 Å². The Balaban J connectivity index is 0.00000225. The summed E-state index contributed by atoms with van der Waals surface area (Å²) in [5, 5.41) is 0.709. The third-order valence-corrected chi connectivity index (χ3v) is 4.40. The lowest BCUT2D eigenvalue weighted by atomic mass is 10.1. The van der Waals surface area contributed by atoms with E-state index in [-0.39, 0.29) is 24.4 Å². The van der Waals surface area contributed by atoms with Crippen LogP contribution in [0.1, 0.15) is 17.5 Å². The van der Waals surface area contributed by atoms with Gasteiger partial charge in [0.15, 0.2) is 0 Å². The van der Waals surface area contributed by atoms with Gasteiger partial charge in [0.2, 0.25) is 5.91 Å². The van der Waals surface area contributed by atoms with E-state index in [0.29, 0.717) is 24.6 Å². The van der Waals surface area contributed by atoms with Crippen LogP contribution in [0.5, 0.6) is 5.75 Å². The fourth-order valence-electron chi connectivity index (χ4n) is 2.79. The van der Waals surface area contributed by atoms with Gasteiger partial charge in [-0.05, 0) is 41.8 Å². The van der Waals surface area contributed by atoms with Gasteiger partial charge in [0.05, 0.1) is 6.42 Å². The molecule has 0 unspecified atom stereocenters. The van der Waals surface area contributed by atoms with Gasteiger partial charge in [-0.25, -0.2) is 0 Å². The predicted octanol–water partition coefficient (Wildman–Crippen LogP) is 3.44. The van der Waals surface area contributed by atoms with Crippen molar-refractivity contribution in [2.24, 2.45) is 5.73 Å². The van der Waals surface area contributed by atoms with Crippen LogP contribution in [0.3, 0.4) is 0 Å². The van der Waals surface area contributed by atoms with Crippen molar-refractivity contribution in [1.82, 2.24) is 4.90 Å². The van der Waals surface area contributed by atoms with Gasteiger partial charge in [-0.2, -0.15) is 0 Å². The zero-order valence-corrected chi connectivity index (χ0v) is 15.4.